The van der Waals surface area contributed by atoms with E-state index in [1.54, 1.807) is 0 Å². The minimum Gasteiger partial charge on any atom is -0.384 e. The number of hydrogen-bond donors (Lipinski definition) is 1. The largest absolute Gasteiger partial charge is 0.384 e. The molecule has 0 radical (unpaired) electrons. The summed E-state index contributed by atoms with van der Waals surface area (Å²) in [5.41, 5.74) is -0.394. The molecule has 0 atom stereocenters. The van der Waals surface area contributed by atoms with E-state index in [1.165, 1.54) is 7.11 Å². The summed E-state index contributed by atoms with van der Waals surface area (Å²) in [5.74, 6) is -0.118. The first-order chi connectivity index (χ1) is 6.38. The highest BCUT2D eigenvalue weighted by molar-refractivity contribution is 5.89. The van der Waals surface area contributed by atoms with Crippen molar-refractivity contribution in [2.24, 2.45) is 5.41 Å². The molecule has 82 valence electrons. The van der Waals surface area contributed by atoms with Crippen molar-refractivity contribution in [2.45, 2.75) is 27.2 Å². The van der Waals surface area contributed by atoms with Gasteiger partial charge in [-0.15, -0.1) is 0 Å². The van der Waals surface area contributed by atoms with Crippen molar-refractivity contribution < 1.29 is 14.3 Å². The quantitative estimate of drug-likeness (QED) is 0.714. The second kappa shape index (κ2) is 5.75. The van der Waals surface area contributed by atoms with E-state index in [4.69, 9.17) is 4.74 Å². The minimum atomic E-state index is -0.394. The molecule has 0 rings (SSSR count). The van der Waals surface area contributed by atoms with Crippen molar-refractivity contribution >= 4 is 11.7 Å². The third kappa shape index (κ3) is 5.70. The van der Waals surface area contributed by atoms with Gasteiger partial charge in [-0.2, -0.15) is 0 Å². The molecule has 1 N–H and O–H groups in total. The Kier molecular flexibility index (Phi) is 5.38. The Morgan fingerprint density at radius 3 is 2.29 bits per heavy atom. The molecule has 0 aliphatic rings. The van der Waals surface area contributed by atoms with E-state index in [0.29, 0.717) is 13.0 Å². The molecule has 0 unspecified atom stereocenters. The lowest BCUT2D eigenvalue weighted by atomic mass is 9.91. The number of rotatable bonds is 5. The molecular formula is C10H19NO3. The van der Waals surface area contributed by atoms with Crippen molar-refractivity contribution in [3.63, 3.8) is 0 Å². The van der Waals surface area contributed by atoms with Crippen LogP contribution in [0.3, 0.4) is 0 Å². The lowest BCUT2D eigenvalue weighted by Crippen LogP contribution is -2.35. The molecule has 4 nitrogen and oxygen atoms in total. The van der Waals surface area contributed by atoms with Crippen LogP contribution < -0.4 is 5.32 Å². The third-order valence-electron chi connectivity index (χ3n) is 1.82. The maximum absolute atomic E-state index is 11.4. The molecule has 4 heteroatoms. The Balaban J connectivity index is 3.73. The van der Waals surface area contributed by atoms with Gasteiger partial charge in [0.15, 0.2) is 5.78 Å². The molecule has 0 aliphatic carbocycles. The van der Waals surface area contributed by atoms with Gasteiger partial charge >= 0.3 is 0 Å². The van der Waals surface area contributed by atoms with Gasteiger partial charge in [0.05, 0.1) is 13.2 Å². The molecule has 0 aliphatic heterocycles. The third-order valence-corrected chi connectivity index (χ3v) is 1.82. The molecule has 0 bridgehead atoms. The fourth-order valence-electron chi connectivity index (χ4n) is 0.727. The highest BCUT2D eigenvalue weighted by Crippen LogP contribution is 2.13. The normalized spacial score (nSPS) is 11.1. The predicted molar refractivity (Wildman–Crippen MR) is 54.0 cm³/mol. The second-order valence-electron chi connectivity index (χ2n) is 4.19. The molecule has 0 saturated carbocycles. The highest BCUT2D eigenvalue weighted by atomic mass is 16.5. The minimum absolute atomic E-state index is 0.0308. The number of Topliss-reactive ketones (excluding diaryl/α,β-unsaturated/α-hetero) is 1. The van der Waals surface area contributed by atoms with Crippen molar-refractivity contribution in [2.75, 3.05) is 20.3 Å². The summed E-state index contributed by atoms with van der Waals surface area (Å²) in [6, 6.07) is 0. The molecule has 0 spiro atoms. The molecule has 0 saturated heterocycles. The number of carbonyl (C=O) groups excluding carboxylic acids is 2. The van der Waals surface area contributed by atoms with Crippen LogP contribution in [0, 0.1) is 5.41 Å². The molecule has 0 aromatic carbocycles. The maximum Gasteiger partial charge on any atom is 0.222 e. The molecular weight excluding hydrogens is 182 g/mol. The number of nitrogens with one attached hydrogen (secondary N) is 1. The zero-order chi connectivity index (χ0) is 11.2. The Labute approximate surface area is 85.0 Å². The fraction of sp³-hybridized carbons (Fsp3) is 0.800. The first-order valence-electron chi connectivity index (χ1n) is 4.67. The van der Waals surface area contributed by atoms with Crippen LogP contribution in [0.4, 0.5) is 0 Å². The predicted octanol–water partition coefficient (Wildman–Crippen LogP) is 0.754. The van der Waals surface area contributed by atoms with E-state index < -0.39 is 5.41 Å². The Bertz CT molecular complexity index is 206. The van der Waals surface area contributed by atoms with E-state index >= 15 is 0 Å². The lowest BCUT2D eigenvalue weighted by molar-refractivity contribution is -0.129. The van der Waals surface area contributed by atoms with Gasteiger partial charge in [-0.1, -0.05) is 20.8 Å². The van der Waals surface area contributed by atoms with Crippen molar-refractivity contribution in [3.8, 4) is 0 Å². The smallest absolute Gasteiger partial charge is 0.222 e. The van der Waals surface area contributed by atoms with E-state index in [1.807, 2.05) is 20.8 Å². The summed E-state index contributed by atoms with van der Waals surface area (Å²) in [4.78, 5) is 22.5. The average Bonchev–Trinajstić information content (AvgIpc) is 2.09. The van der Waals surface area contributed by atoms with Crippen LogP contribution in [0.25, 0.3) is 0 Å². The summed E-state index contributed by atoms with van der Waals surface area (Å²) in [7, 11) is 1.54. The van der Waals surface area contributed by atoms with Crippen LogP contribution in [0.2, 0.25) is 0 Å². The Hall–Kier alpha value is -0.900. The summed E-state index contributed by atoms with van der Waals surface area (Å²) in [6.07, 6.45) is 0.300. The van der Waals surface area contributed by atoms with Crippen molar-refractivity contribution in [1.82, 2.24) is 5.32 Å². The van der Waals surface area contributed by atoms with Crippen LogP contribution in [0.15, 0.2) is 0 Å². The Morgan fingerprint density at radius 1 is 1.29 bits per heavy atom. The van der Waals surface area contributed by atoms with Gasteiger partial charge in [0, 0.05) is 18.9 Å². The van der Waals surface area contributed by atoms with Gasteiger partial charge in [-0.3, -0.25) is 9.59 Å². The summed E-state index contributed by atoms with van der Waals surface area (Å²) >= 11 is 0. The van der Waals surface area contributed by atoms with Gasteiger partial charge in [0.2, 0.25) is 5.91 Å². The molecule has 0 aromatic rings. The first kappa shape index (κ1) is 13.1. The number of methoxy groups -OCH3 is 1. The van der Waals surface area contributed by atoms with Crippen LogP contribution >= 0.6 is 0 Å². The topological polar surface area (TPSA) is 55.4 Å². The second-order valence-corrected chi connectivity index (χ2v) is 4.19. The molecule has 0 heterocycles. The number of carbonyl (C=O) groups is 2. The van der Waals surface area contributed by atoms with Crippen LogP contribution in [0.5, 0.6) is 0 Å². The van der Waals surface area contributed by atoms with Gasteiger partial charge in [0.1, 0.15) is 0 Å². The zero-order valence-electron chi connectivity index (χ0n) is 9.35. The summed E-state index contributed by atoms with van der Waals surface area (Å²) in [5, 5.41) is 2.56. The average molecular weight is 201 g/mol. The fourth-order valence-corrected chi connectivity index (χ4v) is 0.727. The Morgan fingerprint density at radius 2 is 1.86 bits per heavy atom. The van der Waals surface area contributed by atoms with E-state index in [-0.39, 0.29) is 18.2 Å². The number of amides is 1. The number of ketones is 1. The monoisotopic (exact) mass is 201 g/mol. The molecule has 1 amide bonds. The highest BCUT2D eigenvalue weighted by Gasteiger charge is 2.20. The maximum atomic E-state index is 11.4. The van der Waals surface area contributed by atoms with Gasteiger partial charge in [0.25, 0.3) is 0 Å². The van der Waals surface area contributed by atoms with Gasteiger partial charge in [-0.25, -0.2) is 0 Å². The summed E-state index contributed by atoms with van der Waals surface area (Å²) < 4.78 is 4.74. The lowest BCUT2D eigenvalue weighted by Gasteiger charge is -2.16. The molecule has 14 heavy (non-hydrogen) atoms. The van der Waals surface area contributed by atoms with Crippen molar-refractivity contribution in [3.05, 3.63) is 0 Å². The van der Waals surface area contributed by atoms with E-state index in [9.17, 15) is 9.59 Å². The standard InChI is InChI=1S/C10H19NO3/c1-10(2,3)8(12)7-11-9(13)5-6-14-4/h5-7H2,1-4H3,(H,11,13). The summed E-state index contributed by atoms with van der Waals surface area (Å²) in [6.45, 7) is 5.98. The van der Waals surface area contributed by atoms with E-state index in [0.717, 1.165) is 0 Å². The van der Waals surface area contributed by atoms with E-state index in [2.05, 4.69) is 5.32 Å². The van der Waals surface area contributed by atoms with Crippen LogP contribution in [-0.2, 0) is 14.3 Å². The van der Waals surface area contributed by atoms with Gasteiger partial charge < -0.3 is 10.1 Å². The number of hydrogen-bond acceptors (Lipinski definition) is 3. The zero-order valence-corrected chi connectivity index (χ0v) is 9.35. The van der Waals surface area contributed by atoms with Gasteiger partial charge in [-0.05, 0) is 0 Å². The molecule has 0 aromatic heterocycles. The van der Waals surface area contributed by atoms with Crippen molar-refractivity contribution in [1.29, 1.82) is 0 Å². The number of ether oxygens (including phenoxy) is 1. The molecule has 0 fully saturated rings. The van der Waals surface area contributed by atoms with Crippen LogP contribution in [-0.4, -0.2) is 32.0 Å². The first-order valence-corrected chi connectivity index (χ1v) is 4.67. The van der Waals surface area contributed by atoms with Crippen LogP contribution in [0.1, 0.15) is 27.2 Å². The SMILES string of the molecule is COCCC(=O)NCC(=O)C(C)(C)C.